The molecule has 0 radical (unpaired) electrons. The lowest BCUT2D eigenvalue weighted by Crippen LogP contribution is -2.29. The van der Waals surface area contributed by atoms with Gasteiger partial charge in [0.15, 0.2) is 0 Å². The van der Waals surface area contributed by atoms with Crippen LogP contribution in [-0.2, 0) is 9.53 Å². The number of anilines is 2. The van der Waals surface area contributed by atoms with Gasteiger partial charge in [0.1, 0.15) is 6.10 Å². The van der Waals surface area contributed by atoms with Crippen LogP contribution in [0.3, 0.4) is 0 Å². The van der Waals surface area contributed by atoms with E-state index in [1.807, 2.05) is 18.2 Å². The van der Waals surface area contributed by atoms with E-state index in [9.17, 15) is 9.59 Å². The lowest BCUT2D eigenvalue weighted by Gasteiger charge is -2.14. The highest BCUT2D eigenvalue weighted by atomic mass is 35.5. The van der Waals surface area contributed by atoms with E-state index in [0.29, 0.717) is 29.4 Å². The zero-order valence-corrected chi connectivity index (χ0v) is 16.1. The molecule has 144 valence electrons. The van der Waals surface area contributed by atoms with Crippen LogP contribution in [0.1, 0.15) is 23.2 Å². The summed E-state index contributed by atoms with van der Waals surface area (Å²) in [5.74, 6) is -0.602. The van der Waals surface area contributed by atoms with E-state index >= 15 is 0 Å². The molecule has 0 aromatic heterocycles. The molecule has 6 nitrogen and oxygen atoms in total. The quantitative estimate of drug-likeness (QED) is 0.704. The molecule has 0 aliphatic carbocycles. The molecule has 3 rings (SSSR count). The van der Waals surface area contributed by atoms with Crippen molar-refractivity contribution in [2.75, 3.05) is 17.2 Å². The van der Waals surface area contributed by atoms with Gasteiger partial charge in [0, 0.05) is 17.9 Å². The minimum atomic E-state index is -0.527. The monoisotopic (exact) mass is 409 g/mol. The van der Waals surface area contributed by atoms with Gasteiger partial charge in [-0.3, -0.25) is 9.59 Å². The number of hydrogen-bond donors (Lipinski definition) is 3. The smallest absolute Gasteiger partial charge is 0.257 e. The summed E-state index contributed by atoms with van der Waals surface area (Å²) in [6.07, 6.45) is 0.784. The summed E-state index contributed by atoms with van der Waals surface area (Å²) >= 11 is 6.15. The molecule has 2 atom stereocenters. The highest BCUT2D eigenvalue weighted by Crippen LogP contribution is 2.24. The van der Waals surface area contributed by atoms with E-state index in [1.54, 1.807) is 30.3 Å². The summed E-state index contributed by atoms with van der Waals surface area (Å²) in [7, 11) is 0. The number of halogens is 2. The molecule has 27 heavy (non-hydrogen) atoms. The molecule has 0 spiro atoms. The summed E-state index contributed by atoms with van der Waals surface area (Å²) in [5.41, 5.74) is 6.99. The fourth-order valence-electron chi connectivity index (χ4n) is 2.79. The van der Waals surface area contributed by atoms with Crippen molar-refractivity contribution in [1.29, 1.82) is 0 Å². The van der Waals surface area contributed by atoms with Crippen molar-refractivity contribution in [1.82, 2.24) is 0 Å². The number of carbonyl (C=O) groups is 2. The second-order valence-corrected chi connectivity index (χ2v) is 6.47. The molecule has 2 aromatic rings. The molecule has 1 aliphatic heterocycles. The Morgan fingerprint density at radius 1 is 1.07 bits per heavy atom. The Kier molecular flexibility index (Phi) is 7.62. The molecule has 1 fully saturated rings. The average molecular weight is 410 g/mol. The predicted molar refractivity (Wildman–Crippen MR) is 109 cm³/mol. The van der Waals surface area contributed by atoms with Gasteiger partial charge >= 0.3 is 0 Å². The largest absolute Gasteiger partial charge is 0.364 e. The van der Waals surface area contributed by atoms with Crippen LogP contribution in [0.25, 0.3) is 0 Å². The second kappa shape index (κ2) is 9.71. The molecule has 2 amide bonds. The number of para-hydroxylation sites is 1. The summed E-state index contributed by atoms with van der Waals surface area (Å²) in [5, 5.41) is 5.85. The number of rotatable bonds is 5. The first kappa shape index (κ1) is 21.2. The van der Waals surface area contributed by atoms with Crippen molar-refractivity contribution in [2.24, 2.45) is 5.73 Å². The van der Waals surface area contributed by atoms with Crippen LogP contribution in [0.4, 0.5) is 11.4 Å². The number of benzene rings is 2. The highest BCUT2D eigenvalue weighted by Gasteiger charge is 2.30. The number of nitrogens with two attached hydrogens (primary N) is 1. The Bertz CT molecular complexity index is 802. The predicted octanol–water partition coefficient (Wildman–Crippen LogP) is 3.46. The first-order valence-corrected chi connectivity index (χ1v) is 8.77. The van der Waals surface area contributed by atoms with Gasteiger partial charge in [0.2, 0.25) is 0 Å². The van der Waals surface area contributed by atoms with E-state index in [4.69, 9.17) is 22.1 Å². The SMILES string of the molecule is Cl.NC[C@H]1CC[C@@H](C(=O)Nc2ccc(Cl)c(C(=O)Nc3ccccc3)c2)O1. The van der Waals surface area contributed by atoms with Gasteiger partial charge in [-0.25, -0.2) is 0 Å². The van der Waals surface area contributed by atoms with Gasteiger partial charge in [0.05, 0.1) is 16.7 Å². The van der Waals surface area contributed by atoms with E-state index in [-0.39, 0.29) is 35.9 Å². The number of amides is 2. The Labute approximate surface area is 168 Å². The standard InChI is InChI=1S/C19H20ClN3O3.ClH/c20-16-8-6-13(23-19(25)17-9-7-14(11-21)26-17)10-15(16)18(24)22-12-4-2-1-3-5-12;/h1-6,8,10,14,17H,7,9,11,21H2,(H,22,24)(H,23,25);1H/t14-,17+;/m1./s1. The van der Waals surface area contributed by atoms with Crippen LogP contribution in [0.15, 0.2) is 48.5 Å². The molecule has 0 unspecified atom stereocenters. The summed E-state index contributed by atoms with van der Waals surface area (Å²) in [6, 6.07) is 13.8. The van der Waals surface area contributed by atoms with Gasteiger partial charge < -0.3 is 21.1 Å². The van der Waals surface area contributed by atoms with Crippen LogP contribution in [-0.4, -0.2) is 30.6 Å². The lowest BCUT2D eigenvalue weighted by molar-refractivity contribution is -0.126. The molecule has 4 N–H and O–H groups in total. The van der Waals surface area contributed by atoms with Crippen molar-refractivity contribution in [3.8, 4) is 0 Å². The maximum absolute atomic E-state index is 12.5. The van der Waals surface area contributed by atoms with Crippen LogP contribution in [0.2, 0.25) is 5.02 Å². The van der Waals surface area contributed by atoms with E-state index in [0.717, 1.165) is 6.42 Å². The van der Waals surface area contributed by atoms with Gasteiger partial charge in [-0.15, -0.1) is 12.4 Å². The molecule has 8 heteroatoms. The molecule has 2 aromatic carbocycles. The third-order valence-corrected chi connectivity index (χ3v) is 4.50. The molecular formula is C19H21Cl2N3O3. The number of carbonyl (C=O) groups excluding carboxylic acids is 2. The molecular weight excluding hydrogens is 389 g/mol. The molecule has 1 heterocycles. The molecule has 1 saturated heterocycles. The van der Waals surface area contributed by atoms with Gasteiger partial charge in [-0.2, -0.15) is 0 Å². The van der Waals surface area contributed by atoms with Crippen molar-refractivity contribution in [2.45, 2.75) is 25.0 Å². The van der Waals surface area contributed by atoms with Crippen molar-refractivity contribution in [3.63, 3.8) is 0 Å². The van der Waals surface area contributed by atoms with Crippen LogP contribution < -0.4 is 16.4 Å². The van der Waals surface area contributed by atoms with E-state index < -0.39 is 6.10 Å². The van der Waals surface area contributed by atoms with Crippen LogP contribution in [0.5, 0.6) is 0 Å². The van der Waals surface area contributed by atoms with Crippen LogP contribution >= 0.6 is 24.0 Å². The molecule has 0 saturated carbocycles. The highest BCUT2D eigenvalue weighted by molar-refractivity contribution is 6.34. The Balaban J connectivity index is 0.00000261. The Morgan fingerprint density at radius 2 is 1.81 bits per heavy atom. The average Bonchev–Trinajstić information content (AvgIpc) is 3.13. The maximum atomic E-state index is 12.5. The van der Waals surface area contributed by atoms with Crippen molar-refractivity contribution >= 4 is 47.2 Å². The van der Waals surface area contributed by atoms with E-state index in [2.05, 4.69) is 10.6 Å². The van der Waals surface area contributed by atoms with E-state index in [1.165, 1.54) is 0 Å². The third-order valence-electron chi connectivity index (χ3n) is 4.17. The Morgan fingerprint density at radius 3 is 2.48 bits per heavy atom. The molecule has 0 bridgehead atoms. The summed E-state index contributed by atoms with van der Waals surface area (Å²) in [6.45, 7) is 0.397. The minimum Gasteiger partial charge on any atom is -0.364 e. The van der Waals surface area contributed by atoms with Gasteiger partial charge in [0.25, 0.3) is 11.8 Å². The second-order valence-electron chi connectivity index (χ2n) is 6.06. The Hall–Kier alpha value is -2.12. The molecule has 1 aliphatic rings. The van der Waals surface area contributed by atoms with Gasteiger partial charge in [-0.1, -0.05) is 29.8 Å². The third kappa shape index (κ3) is 5.43. The van der Waals surface area contributed by atoms with Crippen molar-refractivity contribution in [3.05, 3.63) is 59.1 Å². The fourth-order valence-corrected chi connectivity index (χ4v) is 3.00. The fraction of sp³-hybridized carbons (Fsp3) is 0.263. The number of ether oxygens (including phenoxy) is 1. The lowest BCUT2D eigenvalue weighted by atomic mass is 10.1. The van der Waals surface area contributed by atoms with Crippen molar-refractivity contribution < 1.29 is 14.3 Å². The normalized spacial score (nSPS) is 18.4. The van der Waals surface area contributed by atoms with Gasteiger partial charge in [-0.05, 0) is 43.2 Å². The summed E-state index contributed by atoms with van der Waals surface area (Å²) < 4.78 is 5.58. The minimum absolute atomic E-state index is 0. The number of nitrogens with one attached hydrogen (secondary N) is 2. The van der Waals surface area contributed by atoms with Crippen LogP contribution in [0, 0.1) is 0 Å². The zero-order valence-electron chi connectivity index (χ0n) is 14.5. The zero-order chi connectivity index (χ0) is 18.5. The topological polar surface area (TPSA) is 93.5 Å². The first-order valence-electron chi connectivity index (χ1n) is 8.39. The summed E-state index contributed by atoms with van der Waals surface area (Å²) in [4.78, 5) is 24.8. The first-order chi connectivity index (χ1) is 12.6. The number of hydrogen-bond acceptors (Lipinski definition) is 4. The maximum Gasteiger partial charge on any atom is 0.257 e.